The SMILES string of the molecule is NC(=S)C(NC(=O)c1ccc(F)cc1Cl)C1CC1. The number of rotatable bonds is 4. The number of amides is 1. The van der Waals surface area contributed by atoms with Crippen LogP contribution in [0.2, 0.25) is 5.02 Å². The van der Waals surface area contributed by atoms with Crippen molar-refractivity contribution >= 4 is 34.7 Å². The van der Waals surface area contributed by atoms with Crippen LogP contribution in [0.25, 0.3) is 0 Å². The van der Waals surface area contributed by atoms with Crippen molar-refractivity contribution in [3.8, 4) is 0 Å². The number of hydrogen-bond donors (Lipinski definition) is 2. The third kappa shape index (κ3) is 2.97. The summed E-state index contributed by atoms with van der Waals surface area (Å²) in [5, 5.41) is 2.82. The van der Waals surface area contributed by atoms with Gasteiger partial charge < -0.3 is 11.1 Å². The smallest absolute Gasteiger partial charge is 0.253 e. The lowest BCUT2D eigenvalue weighted by Crippen LogP contribution is -2.45. The topological polar surface area (TPSA) is 55.1 Å². The highest BCUT2D eigenvalue weighted by molar-refractivity contribution is 7.80. The molecule has 1 aromatic rings. The van der Waals surface area contributed by atoms with E-state index >= 15 is 0 Å². The van der Waals surface area contributed by atoms with Crippen LogP contribution in [0.4, 0.5) is 4.39 Å². The zero-order valence-electron chi connectivity index (χ0n) is 9.45. The number of nitrogens with one attached hydrogen (secondary N) is 1. The molecule has 6 heteroatoms. The van der Waals surface area contributed by atoms with E-state index in [1.165, 1.54) is 12.1 Å². The second-order valence-corrected chi connectivity index (χ2v) is 5.19. The Morgan fingerprint density at radius 1 is 1.56 bits per heavy atom. The highest BCUT2D eigenvalue weighted by Gasteiger charge is 2.34. The van der Waals surface area contributed by atoms with Crippen molar-refractivity contribution < 1.29 is 9.18 Å². The van der Waals surface area contributed by atoms with Gasteiger partial charge in [0.15, 0.2) is 0 Å². The van der Waals surface area contributed by atoms with Gasteiger partial charge in [0.25, 0.3) is 5.91 Å². The zero-order valence-corrected chi connectivity index (χ0v) is 11.0. The number of thiocarbonyl (C=S) groups is 1. The van der Waals surface area contributed by atoms with Gasteiger partial charge in [0.1, 0.15) is 5.82 Å². The van der Waals surface area contributed by atoms with E-state index in [0.717, 1.165) is 18.9 Å². The molecule has 0 bridgehead atoms. The van der Waals surface area contributed by atoms with Crippen LogP contribution >= 0.6 is 23.8 Å². The Bertz CT molecular complexity index is 505. The van der Waals surface area contributed by atoms with E-state index in [0.29, 0.717) is 5.92 Å². The molecular formula is C12H12ClFN2OS. The summed E-state index contributed by atoms with van der Waals surface area (Å²) in [4.78, 5) is 12.3. The van der Waals surface area contributed by atoms with E-state index in [2.05, 4.69) is 5.32 Å². The predicted octanol–water partition coefficient (Wildman–Crippen LogP) is 2.27. The summed E-state index contributed by atoms with van der Waals surface area (Å²) in [5.74, 6) is -0.556. The average molecular weight is 287 g/mol. The van der Waals surface area contributed by atoms with Gasteiger partial charge in [-0.2, -0.15) is 0 Å². The summed E-state index contributed by atoms with van der Waals surface area (Å²) in [5.41, 5.74) is 5.81. The van der Waals surface area contributed by atoms with Crippen molar-refractivity contribution in [1.29, 1.82) is 0 Å². The van der Waals surface area contributed by atoms with Gasteiger partial charge >= 0.3 is 0 Å². The highest BCUT2D eigenvalue weighted by atomic mass is 35.5. The third-order valence-corrected chi connectivity index (χ3v) is 3.43. The fraction of sp³-hybridized carbons (Fsp3) is 0.333. The molecule has 3 N–H and O–H groups in total. The summed E-state index contributed by atoms with van der Waals surface area (Å²) in [6.07, 6.45) is 2.00. The minimum absolute atomic E-state index is 0.0741. The Morgan fingerprint density at radius 2 is 2.22 bits per heavy atom. The molecule has 1 aliphatic carbocycles. The van der Waals surface area contributed by atoms with Crippen LogP contribution in [0.1, 0.15) is 23.2 Å². The molecule has 96 valence electrons. The number of carbonyl (C=O) groups excluding carboxylic acids is 1. The van der Waals surface area contributed by atoms with Crippen molar-refractivity contribution in [3.63, 3.8) is 0 Å². The lowest BCUT2D eigenvalue weighted by Gasteiger charge is -2.17. The van der Waals surface area contributed by atoms with Crippen molar-refractivity contribution in [2.45, 2.75) is 18.9 Å². The molecule has 1 fully saturated rings. The number of hydrogen-bond acceptors (Lipinski definition) is 2. The molecule has 1 saturated carbocycles. The molecule has 1 unspecified atom stereocenters. The van der Waals surface area contributed by atoms with Crippen LogP contribution < -0.4 is 11.1 Å². The quantitative estimate of drug-likeness (QED) is 0.835. The molecule has 3 nitrogen and oxygen atoms in total. The minimum atomic E-state index is -0.482. The molecular weight excluding hydrogens is 275 g/mol. The standard InChI is InChI=1S/C12H12ClFN2OS/c13-9-5-7(14)3-4-8(9)12(17)16-10(11(15)18)6-1-2-6/h3-6,10H,1-2H2,(H2,15,18)(H,16,17). The first-order valence-electron chi connectivity index (χ1n) is 5.54. The minimum Gasteiger partial charge on any atom is -0.392 e. The molecule has 1 aliphatic rings. The number of carbonyl (C=O) groups is 1. The molecule has 0 heterocycles. The van der Waals surface area contributed by atoms with E-state index < -0.39 is 5.82 Å². The number of nitrogens with two attached hydrogens (primary N) is 1. The summed E-state index contributed by atoms with van der Waals surface area (Å²) in [6.45, 7) is 0. The van der Waals surface area contributed by atoms with Gasteiger partial charge in [0.05, 0.1) is 21.6 Å². The van der Waals surface area contributed by atoms with Gasteiger partial charge in [0, 0.05) is 0 Å². The molecule has 0 spiro atoms. The maximum atomic E-state index is 12.9. The molecule has 0 radical (unpaired) electrons. The molecule has 0 saturated heterocycles. The van der Waals surface area contributed by atoms with E-state index in [4.69, 9.17) is 29.6 Å². The van der Waals surface area contributed by atoms with Crippen molar-refractivity contribution in [2.75, 3.05) is 0 Å². The highest BCUT2D eigenvalue weighted by Crippen LogP contribution is 2.33. The van der Waals surface area contributed by atoms with Crippen LogP contribution in [-0.4, -0.2) is 16.9 Å². The average Bonchev–Trinajstić information content (AvgIpc) is 3.08. The molecule has 1 amide bonds. The first-order valence-corrected chi connectivity index (χ1v) is 6.33. The van der Waals surface area contributed by atoms with Crippen LogP contribution in [0, 0.1) is 11.7 Å². The van der Waals surface area contributed by atoms with Gasteiger partial charge in [0.2, 0.25) is 0 Å². The Morgan fingerprint density at radius 3 is 2.72 bits per heavy atom. The lowest BCUT2D eigenvalue weighted by molar-refractivity contribution is 0.0944. The van der Waals surface area contributed by atoms with Gasteiger partial charge in [-0.15, -0.1) is 0 Å². The Kier molecular flexibility index (Phi) is 3.82. The second kappa shape index (κ2) is 5.20. The fourth-order valence-electron chi connectivity index (χ4n) is 1.74. The van der Waals surface area contributed by atoms with Gasteiger partial charge in [-0.05, 0) is 37.0 Å². The van der Waals surface area contributed by atoms with Crippen LogP contribution in [0.15, 0.2) is 18.2 Å². The molecule has 0 aromatic heterocycles. The summed E-state index contributed by atoms with van der Waals surface area (Å²) in [7, 11) is 0. The summed E-state index contributed by atoms with van der Waals surface area (Å²) < 4.78 is 12.9. The largest absolute Gasteiger partial charge is 0.392 e. The van der Waals surface area contributed by atoms with E-state index in [9.17, 15) is 9.18 Å². The molecule has 0 aliphatic heterocycles. The van der Waals surface area contributed by atoms with Crippen LogP contribution in [0.3, 0.4) is 0 Å². The van der Waals surface area contributed by atoms with E-state index in [-0.39, 0.29) is 27.5 Å². The molecule has 1 aromatic carbocycles. The Hall–Kier alpha value is -1.20. The molecule has 18 heavy (non-hydrogen) atoms. The van der Waals surface area contributed by atoms with Crippen LogP contribution in [-0.2, 0) is 0 Å². The summed E-state index contributed by atoms with van der Waals surface area (Å²) >= 11 is 10.7. The fourth-order valence-corrected chi connectivity index (χ4v) is 2.25. The molecule has 2 rings (SSSR count). The normalized spacial score (nSPS) is 16.1. The monoisotopic (exact) mass is 286 g/mol. The van der Waals surface area contributed by atoms with Crippen molar-refractivity contribution in [3.05, 3.63) is 34.6 Å². The third-order valence-electron chi connectivity index (χ3n) is 2.86. The van der Waals surface area contributed by atoms with Gasteiger partial charge in [-0.1, -0.05) is 23.8 Å². The van der Waals surface area contributed by atoms with E-state index in [1.807, 2.05) is 0 Å². The first-order chi connectivity index (χ1) is 8.49. The van der Waals surface area contributed by atoms with E-state index in [1.54, 1.807) is 0 Å². The summed E-state index contributed by atoms with van der Waals surface area (Å²) in [6, 6.07) is 3.32. The Labute approximate surface area is 114 Å². The first kappa shape index (κ1) is 13.2. The van der Waals surface area contributed by atoms with Gasteiger partial charge in [-0.3, -0.25) is 4.79 Å². The Balaban J connectivity index is 2.13. The maximum Gasteiger partial charge on any atom is 0.253 e. The van der Waals surface area contributed by atoms with Crippen molar-refractivity contribution in [2.24, 2.45) is 11.7 Å². The van der Waals surface area contributed by atoms with Gasteiger partial charge in [-0.25, -0.2) is 4.39 Å². The zero-order chi connectivity index (χ0) is 13.3. The number of halogens is 2. The number of benzene rings is 1. The van der Waals surface area contributed by atoms with Crippen molar-refractivity contribution in [1.82, 2.24) is 5.32 Å². The predicted molar refractivity (Wildman–Crippen MR) is 72.2 cm³/mol. The second-order valence-electron chi connectivity index (χ2n) is 4.32. The molecule has 1 atom stereocenters. The van der Waals surface area contributed by atoms with Crippen LogP contribution in [0.5, 0.6) is 0 Å². The maximum absolute atomic E-state index is 12.9. The lowest BCUT2D eigenvalue weighted by atomic mass is 10.1.